The van der Waals surface area contributed by atoms with Crippen LogP contribution in [-0.2, 0) is 10.0 Å². The van der Waals surface area contributed by atoms with Crippen molar-refractivity contribution in [2.75, 3.05) is 6.54 Å². The second-order valence-electron chi connectivity index (χ2n) is 4.62. The maximum atomic E-state index is 13.6. The fourth-order valence-corrected chi connectivity index (χ4v) is 3.35. The molecule has 0 unspecified atom stereocenters. The van der Waals surface area contributed by atoms with Gasteiger partial charge in [0.25, 0.3) is 0 Å². The summed E-state index contributed by atoms with van der Waals surface area (Å²) in [5.41, 5.74) is 5.45. The van der Waals surface area contributed by atoms with E-state index in [1.54, 1.807) is 0 Å². The molecule has 4 nitrogen and oxygen atoms in total. The maximum Gasteiger partial charge on any atom is 0.243 e. The molecule has 1 saturated carbocycles. The number of nitrogens with one attached hydrogen (secondary N) is 1. The van der Waals surface area contributed by atoms with Crippen molar-refractivity contribution in [3.8, 4) is 0 Å². The Bertz CT molecular complexity index is 564. The van der Waals surface area contributed by atoms with Gasteiger partial charge >= 0.3 is 0 Å². The van der Waals surface area contributed by atoms with Gasteiger partial charge in [-0.15, -0.1) is 12.4 Å². The van der Waals surface area contributed by atoms with Gasteiger partial charge in [0, 0.05) is 16.6 Å². The van der Waals surface area contributed by atoms with Gasteiger partial charge in [-0.25, -0.2) is 17.5 Å². The first-order chi connectivity index (χ1) is 8.32. The Morgan fingerprint density at radius 1 is 1.42 bits per heavy atom. The molecular weight excluding hydrogens is 359 g/mol. The van der Waals surface area contributed by atoms with Gasteiger partial charge in [0.05, 0.1) is 0 Å². The largest absolute Gasteiger partial charge is 0.324 e. The Morgan fingerprint density at radius 3 is 2.53 bits per heavy atom. The predicted octanol–water partition coefficient (Wildman–Crippen LogP) is 2.17. The van der Waals surface area contributed by atoms with E-state index in [4.69, 9.17) is 5.73 Å². The van der Waals surface area contributed by atoms with Gasteiger partial charge < -0.3 is 5.73 Å². The SMILES string of the molecule is Cl.NC1(CNS(=O)(=O)c2ccc(Br)cc2F)CCC1. The molecule has 1 aliphatic rings. The van der Waals surface area contributed by atoms with Gasteiger partial charge in [-0.2, -0.15) is 0 Å². The van der Waals surface area contributed by atoms with Gasteiger partial charge in [-0.3, -0.25) is 0 Å². The van der Waals surface area contributed by atoms with E-state index in [1.165, 1.54) is 12.1 Å². The van der Waals surface area contributed by atoms with Crippen LogP contribution in [0.5, 0.6) is 0 Å². The summed E-state index contributed by atoms with van der Waals surface area (Å²) in [6.45, 7) is 0.144. The first-order valence-corrected chi connectivity index (χ1v) is 7.84. The zero-order valence-electron chi connectivity index (χ0n) is 10.0. The monoisotopic (exact) mass is 372 g/mol. The summed E-state index contributed by atoms with van der Waals surface area (Å²) in [4.78, 5) is -0.353. The molecule has 19 heavy (non-hydrogen) atoms. The topological polar surface area (TPSA) is 72.2 Å². The van der Waals surface area contributed by atoms with Crippen LogP contribution < -0.4 is 10.5 Å². The summed E-state index contributed by atoms with van der Waals surface area (Å²) in [7, 11) is -3.84. The van der Waals surface area contributed by atoms with Crippen LogP contribution in [0.1, 0.15) is 19.3 Å². The molecule has 1 aromatic carbocycles. The van der Waals surface area contributed by atoms with Crippen LogP contribution in [0.25, 0.3) is 0 Å². The van der Waals surface area contributed by atoms with Crippen LogP contribution >= 0.6 is 28.3 Å². The molecule has 0 bridgehead atoms. The zero-order chi connectivity index (χ0) is 13.4. The molecule has 1 fully saturated rings. The minimum Gasteiger partial charge on any atom is -0.324 e. The molecule has 0 saturated heterocycles. The highest BCUT2D eigenvalue weighted by Gasteiger charge is 2.34. The quantitative estimate of drug-likeness (QED) is 0.849. The van der Waals surface area contributed by atoms with Crippen molar-refractivity contribution in [1.82, 2.24) is 4.72 Å². The molecule has 0 amide bonds. The second-order valence-corrected chi connectivity index (χ2v) is 7.27. The van der Waals surface area contributed by atoms with E-state index in [1.807, 2.05) is 0 Å². The van der Waals surface area contributed by atoms with E-state index in [0.717, 1.165) is 25.3 Å². The molecule has 1 aliphatic carbocycles. The molecule has 3 N–H and O–H groups in total. The molecule has 108 valence electrons. The Hall–Kier alpha value is -0.210. The Labute approximate surface area is 126 Å². The van der Waals surface area contributed by atoms with E-state index < -0.39 is 21.4 Å². The number of hydrogen-bond acceptors (Lipinski definition) is 3. The molecule has 0 heterocycles. The average Bonchev–Trinajstić information content (AvgIpc) is 2.23. The third-order valence-corrected chi connectivity index (χ3v) is 5.07. The molecule has 0 aromatic heterocycles. The standard InChI is InChI=1S/C11H14BrFN2O2S.ClH/c12-8-2-3-10(9(13)6-8)18(16,17)15-7-11(14)4-1-5-11;/h2-3,6,15H,1,4-5,7,14H2;1H. The molecular formula is C11H15BrClFN2O2S. The highest BCUT2D eigenvalue weighted by atomic mass is 79.9. The van der Waals surface area contributed by atoms with Crippen molar-refractivity contribution in [1.29, 1.82) is 0 Å². The molecule has 1 aromatic rings. The summed E-state index contributed by atoms with van der Waals surface area (Å²) < 4.78 is 40.3. The lowest BCUT2D eigenvalue weighted by molar-refractivity contribution is 0.251. The summed E-state index contributed by atoms with van der Waals surface area (Å²) in [6, 6.07) is 3.83. The summed E-state index contributed by atoms with van der Waals surface area (Å²) in [6.07, 6.45) is 2.58. The fourth-order valence-electron chi connectivity index (χ4n) is 1.82. The van der Waals surface area contributed by atoms with Gasteiger partial charge in [-0.05, 0) is 37.5 Å². The Balaban J connectivity index is 0.00000180. The van der Waals surface area contributed by atoms with Crippen LogP contribution in [0, 0.1) is 5.82 Å². The van der Waals surface area contributed by atoms with Gasteiger partial charge in [0.15, 0.2) is 0 Å². The number of hydrogen-bond donors (Lipinski definition) is 2. The lowest BCUT2D eigenvalue weighted by Gasteiger charge is -2.38. The summed E-state index contributed by atoms with van der Waals surface area (Å²) >= 11 is 3.08. The van der Waals surface area contributed by atoms with E-state index in [-0.39, 0.29) is 23.8 Å². The normalized spacial score (nSPS) is 17.4. The first-order valence-electron chi connectivity index (χ1n) is 5.56. The molecule has 0 atom stereocenters. The van der Waals surface area contributed by atoms with Crippen LogP contribution in [0.4, 0.5) is 4.39 Å². The number of halogens is 3. The second kappa shape index (κ2) is 6.05. The highest BCUT2D eigenvalue weighted by molar-refractivity contribution is 9.10. The fraction of sp³-hybridized carbons (Fsp3) is 0.455. The summed E-state index contributed by atoms with van der Waals surface area (Å²) in [5, 5.41) is 0. The Kier molecular flexibility index (Phi) is 5.36. The van der Waals surface area contributed by atoms with E-state index in [0.29, 0.717) is 4.47 Å². The minimum atomic E-state index is -3.84. The van der Waals surface area contributed by atoms with Crippen LogP contribution in [0.3, 0.4) is 0 Å². The Morgan fingerprint density at radius 2 is 2.05 bits per heavy atom. The van der Waals surface area contributed by atoms with Crippen molar-refractivity contribution in [2.24, 2.45) is 5.73 Å². The van der Waals surface area contributed by atoms with Gasteiger partial charge in [0.2, 0.25) is 10.0 Å². The predicted molar refractivity (Wildman–Crippen MR) is 77.3 cm³/mol. The third-order valence-electron chi connectivity index (χ3n) is 3.15. The highest BCUT2D eigenvalue weighted by Crippen LogP contribution is 2.28. The minimum absolute atomic E-state index is 0. The van der Waals surface area contributed by atoms with Crippen LogP contribution in [-0.4, -0.2) is 20.5 Å². The van der Waals surface area contributed by atoms with E-state index in [9.17, 15) is 12.8 Å². The van der Waals surface area contributed by atoms with Crippen LogP contribution in [0.15, 0.2) is 27.6 Å². The third kappa shape index (κ3) is 3.88. The lowest BCUT2D eigenvalue weighted by Crippen LogP contribution is -2.54. The number of rotatable bonds is 4. The van der Waals surface area contributed by atoms with Crippen molar-refractivity contribution < 1.29 is 12.8 Å². The van der Waals surface area contributed by atoms with Crippen molar-refractivity contribution >= 4 is 38.4 Å². The molecule has 0 radical (unpaired) electrons. The zero-order valence-corrected chi connectivity index (χ0v) is 13.2. The summed E-state index contributed by atoms with van der Waals surface area (Å²) in [5.74, 6) is -0.781. The first kappa shape index (κ1) is 16.8. The van der Waals surface area contributed by atoms with E-state index in [2.05, 4.69) is 20.7 Å². The van der Waals surface area contributed by atoms with Crippen LogP contribution in [0.2, 0.25) is 0 Å². The molecule has 8 heteroatoms. The molecule has 0 aliphatic heterocycles. The molecule has 2 rings (SSSR count). The average molecular weight is 374 g/mol. The van der Waals surface area contributed by atoms with Gasteiger partial charge in [-0.1, -0.05) is 15.9 Å². The van der Waals surface area contributed by atoms with Crippen molar-refractivity contribution in [3.63, 3.8) is 0 Å². The van der Waals surface area contributed by atoms with Crippen molar-refractivity contribution in [3.05, 3.63) is 28.5 Å². The van der Waals surface area contributed by atoms with Gasteiger partial charge in [0.1, 0.15) is 10.7 Å². The number of sulfonamides is 1. The number of benzene rings is 1. The number of nitrogens with two attached hydrogens (primary N) is 1. The maximum absolute atomic E-state index is 13.6. The lowest BCUT2D eigenvalue weighted by atomic mass is 9.78. The van der Waals surface area contributed by atoms with Crippen molar-refractivity contribution in [2.45, 2.75) is 29.7 Å². The smallest absolute Gasteiger partial charge is 0.243 e. The molecule has 0 spiro atoms. The van der Waals surface area contributed by atoms with E-state index >= 15 is 0 Å².